The molecule has 0 radical (unpaired) electrons. The van der Waals surface area contributed by atoms with E-state index in [0.717, 1.165) is 12.4 Å². The number of hydrogen-bond acceptors (Lipinski definition) is 4. The fraction of sp³-hybridized carbons (Fsp3) is 0.364. The Morgan fingerprint density at radius 3 is 2.58 bits per heavy atom. The second-order valence-electron chi connectivity index (χ2n) is 7.23. The molecule has 2 aliphatic rings. The highest BCUT2D eigenvalue weighted by atomic mass is 16.5. The van der Waals surface area contributed by atoms with Crippen LogP contribution >= 0.6 is 0 Å². The molecular formula is C22H27N3O. The van der Waals surface area contributed by atoms with Gasteiger partial charge in [-0.25, -0.2) is 0 Å². The molecule has 4 heteroatoms. The first-order valence-corrected chi connectivity index (χ1v) is 9.44. The van der Waals surface area contributed by atoms with Crippen molar-refractivity contribution < 1.29 is 4.74 Å². The summed E-state index contributed by atoms with van der Waals surface area (Å²) in [6.45, 7) is 3.91. The smallest absolute Gasteiger partial charge is 0.121 e. The quantitative estimate of drug-likeness (QED) is 0.814. The van der Waals surface area contributed by atoms with Gasteiger partial charge in [-0.15, -0.1) is 0 Å². The minimum Gasteiger partial charge on any atom is -0.489 e. The van der Waals surface area contributed by atoms with E-state index < -0.39 is 0 Å². The predicted octanol–water partition coefficient (Wildman–Crippen LogP) is 3.91. The van der Waals surface area contributed by atoms with E-state index in [1.807, 2.05) is 24.3 Å². The van der Waals surface area contributed by atoms with Crippen LogP contribution in [0.2, 0.25) is 0 Å². The Labute approximate surface area is 156 Å². The summed E-state index contributed by atoms with van der Waals surface area (Å²) >= 11 is 0. The van der Waals surface area contributed by atoms with Gasteiger partial charge < -0.3 is 19.4 Å². The summed E-state index contributed by atoms with van der Waals surface area (Å²) in [5.41, 5.74) is 2.37. The molecule has 0 N–H and O–H groups in total. The lowest BCUT2D eigenvalue weighted by molar-refractivity contribution is 0.168. The van der Waals surface area contributed by atoms with Crippen molar-refractivity contribution in [3.8, 4) is 5.75 Å². The number of nitrogens with zero attached hydrogens (tertiary/aromatic N) is 3. The number of hydrogen-bond donors (Lipinski definition) is 0. The van der Waals surface area contributed by atoms with Crippen molar-refractivity contribution in [1.82, 2.24) is 9.80 Å². The highest BCUT2D eigenvalue weighted by Gasteiger charge is 2.25. The standard InChI is InChI=1S/C22H27N3O/c1-23-12-10-20(11-13-23)24-14-15-25(18-24)21-8-5-9-22(16-21)26-17-19-6-3-2-4-7-19/h2-9,14-16,20H,10-13,17-18H2,1H3. The molecule has 0 atom stereocenters. The lowest BCUT2D eigenvalue weighted by Gasteiger charge is -2.35. The molecule has 0 saturated carbocycles. The Bertz CT molecular complexity index is 738. The van der Waals surface area contributed by atoms with Gasteiger partial charge in [0.25, 0.3) is 0 Å². The Morgan fingerprint density at radius 1 is 0.962 bits per heavy atom. The number of ether oxygens (including phenoxy) is 1. The van der Waals surface area contributed by atoms with Gasteiger partial charge in [0.2, 0.25) is 0 Å². The van der Waals surface area contributed by atoms with Crippen molar-refractivity contribution in [2.24, 2.45) is 0 Å². The van der Waals surface area contributed by atoms with Gasteiger partial charge in [0.05, 0.1) is 6.67 Å². The molecule has 0 unspecified atom stereocenters. The molecule has 1 saturated heterocycles. The van der Waals surface area contributed by atoms with Crippen LogP contribution in [0.3, 0.4) is 0 Å². The van der Waals surface area contributed by atoms with Crippen LogP contribution in [0.4, 0.5) is 5.69 Å². The summed E-state index contributed by atoms with van der Waals surface area (Å²) < 4.78 is 5.98. The van der Waals surface area contributed by atoms with Crippen LogP contribution in [0.15, 0.2) is 67.0 Å². The van der Waals surface area contributed by atoms with E-state index >= 15 is 0 Å². The Balaban J connectivity index is 1.36. The van der Waals surface area contributed by atoms with Crippen molar-refractivity contribution in [3.63, 3.8) is 0 Å². The maximum absolute atomic E-state index is 5.98. The van der Waals surface area contributed by atoms with E-state index in [4.69, 9.17) is 4.74 Å². The number of likely N-dealkylation sites (tertiary alicyclic amines) is 1. The van der Waals surface area contributed by atoms with Gasteiger partial charge in [-0.05, 0) is 50.7 Å². The summed E-state index contributed by atoms with van der Waals surface area (Å²) in [6, 6.07) is 19.3. The minimum absolute atomic E-state index is 0.599. The molecular weight excluding hydrogens is 322 g/mol. The van der Waals surface area contributed by atoms with Crippen LogP contribution in [0.25, 0.3) is 0 Å². The Morgan fingerprint density at radius 2 is 1.77 bits per heavy atom. The first-order valence-electron chi connectivity index (χ1n) is 9.44. The van der Waals surface area contributed by atoms with Crippen molar-refractivity contribution in [2.45, 2.75) is 25.5 Å². The van der Waals surface area contributed by atoms with Gasteiger partial charge in [0.1, 0.15) is 12.4 Å². The molecule has 136 valence electrons. The van der Waals surface area contributed by atoms with Crippen molar-refractivity contribution >= 4 is 5.69 Å². The zero-order chi connectivity index (χ0) is 17.8. The first kappa shape index (κ1) is 17.0. The second kappa shape index (κ2) is 7.83. The maximum Gasteiger partial charge on any atom is 0.121 e. The van der Waals surface area contributed by atoms with Gasteiger partial charge in [-0.2, -0.15) is 0 Å². The van der Waals surface area contributed by atoms with Crippen molar-refractivity contribution in [2.75, 3.05) is 31.7 Å². The third-order valence-corrected chi connectivity index (χ3v) is 5.31. The first-order chi connectivity index (χ1) is 12.8. The third kappa shape index (κ3) is 4.02. The van der Waals surface area contributed by atoms with Crippen LogP contribution in [0, 0.1) is 0 Å². The molecule has 0 aliphatic carbocycles. The average Bonchev–Trinajstić information content (AvgIpc) is 3.18. The zero-order valence-electron chi connectivity index (χ0n) is 15.4. The Hall–Kier alpha value is -2.46. The molecule has 2 aromatic rings. The normalized spacial score (nSPS) is 18.5. The van der Waals surface area contributed by atoms with E-state index in [1.165, 1.54) is 37.2 Å². The van der Waals surface area contributed by atoms with Crippen molar-refractivity contribution in [3.05, 3.63) is 72.6 Å². The van der Waals surface area contributed by atoms with E-state index in [1.54, 1.807) is 0 Å². The molecule has 0 amide bonds. The number of rotatable bonds is 5. The predicted molar refractivity (Wildman–Crippen MR) is 106 cm³/mol. The van der Waals surface area contributed by atoms with E-state index in [2.05, 4.69) is 64.5 Å². The van der Waals surface area contributed by atoms with Gasteiger partial charge in [-0.1, -0.05) is 36.4 Å². The monoisotopic (exact) mass is 349 g/mol. The SMILES string of the molecule is CN1CCC(N2C=CN(c3cccc(OCc4ccccc4)c3)C2)CC1. The molecule has 1 fully saturated rings. The van der Waals surface area contributed by atoms with Crippen LogP contribution < -0.4 is 9.64 Å². The summed E-state index contributed by atoms with van der Waals surface area (Å²) in [5.74, 6) is 0.914. The fourth-order valence-corrected chi connectivity index (χ4v) is 3.66. The molecule has 0 spiro atoms. The van der Waals surface area contributed by atoms with Crippen LogP contribution in [0.1, 0.15) is 18.4 Å². The molecule has 26 heavy (non-hydrogen) atoms. The molecule has 0 bridgehead atoms. The highest BCUT2D eigenvalue weighted by Crippen LogP contribution is 2.27. The van der Waals surface area contributed by atoms with Gasteiger partial charge >= 0.3 is 0 Å². The third-order valence-electron chi connectivity index (χ3n) is 5.31. The maximum atomic E-state index is 5.98. The average molecular weight is 349 g/mol. The summed E-state index contributed by atoms with van der Waals surface area (Å²) in [4.78, 5) is 7.19. The van der Waals surface area contributed by atoms with Gasteiger partial charge in [0, 0.05) is 30.2 Å². The number of piperidine rings is 1. The van der Waals surface area contributed by atoms with E-state index in [0.29, 0.717) is 12.6 Å². The van der Waals surface area contributed by atoms with Crippen LogP contribution in [0.5, 0.6) is 5.75 Å². The molecule has 2 aliphatic heterocycles. The molecule has 2 aromatic carbocycles. The highest BCUT2D eigenvalue weighted by molar-refractivity contribution is 5.53. The number of anilines is 1. The summed E-state index contributed by atoms with van der Waals surface area (Å²) in [6.07, 6.45) is 6.92. The van der Waals surface area contributed by atoms with Crippen LogP contribution in [-0.4, -0.2) is 42.6 Å². The zero-order valence-corrected chi connectivity index (χ0v) is 15.4. The lowest BCUT2D eigenvalue weighted by Crippen LogP contribution is -2.42. The summed E-state index contributed by atoms with van der Waals surface area (Å²) in [5, 5.41) is 0. The molecule has 4 rings (SSSR count). The fourth-order valence-electron chi connectivity index (χ4n) is 3.66. The van der Waals surface area contributed by atoms with Crippen LogP contribution in [-0.2, 0) is 6.61 Å². The van der Waals surface area contributed by atoms with Gasteiger partial charge in [-0.3, -0.25) is 0 Å². The topological polar surface area (TPSA) is 19.0 Å². The largest absolute Gasteiger partial charge is 0.489 e. The number of benzene rings is 2. The summed E-state index contributed by atoms with van der Waals surface area (Å²) in [7, 11) is 2.21. The second-order valence-corrected chi connectivity index (χ2v) is 7.23. The van der Waals surface area contributed by atoms with Crippen molar-refractivity contribution in [1.29, 1.82) is 0 Å². The molecule has 0 aromatic heterocycles. The van der Waals surface area contributed by atoms with Gasteiger partial charge in [0.15, 0.2) is 0 Å². The van der Waals surface area contributed by atoms with E-state index in [-0.39, 0.29) is 0 Å². The Kier molecular flexibility index (Phi) is 5.12. The molecule has 2 heterocycles. The molecule has 4 nitrogen and oxygen atoms in total. The van der Waals surface area contributed by atoms with E-state index in [9.17, 15) is 0 Å². The minimum atomic E-state index is 0.599. The lowest BCUT2D eigenvalue weighted by atomic mass is 10.0.